The van der Waals surface area contributed by atoms with Crippen LogP contribution in [0, 0.1) is 5.92 Å². The second-order valence-corrected chi connectivity index (χ2v) is 4.21. The van der Waals surface area contributed by atoms with Crippen LogP contribution >= 0.6 is 11.8 Å². The van der Waals surface area contributed by atoms with Crippen LogP contribution in [-0.2, 0) is 0 Å². The van der Waals surface area contributed by atoms with E-state index in [0.717, 1.165) is 11.2 Å². The highest BCUT2D eigenvalue weighted by Gasteiger charge is 2.26. The SMILES string of the molecule is C1=CC2CCSC2CC1. The Kier molecular flexibility index (Phi) is 1.54. The minimum atomic E-state index is 0.948. The largest absolute Gasteiger partial charge is 0.158 e. The van der Waals surface area contributed by atoms with Crippen molar-refractivity contribution < 1.29 is 0 Å². The van der Waals surface area contributed by atoms with E-state index in [1.807, 2.05) is 0 Å². The van der Waals surface area contributed by atoms with Crippen LogP contribution in [0.1, 0.15) is 19.3 Å². The molecule has 2 aliphatic rings. The van der Waals surface area contributed by atoms with Gasteiger partial charge in [-0.2, -0.15) is 11.8 Å². The number of rotatable bonds is 0. The lowest BCUT2D eigenvalue weighted by molar-refractivity contribution is 0.572. The Morgan fingerprint density at radius 3 is 3.22 bits per heavy atom. The molecule has 2 rings (SSSR count). The normalized spacial score (nSPS) is 40.9. The molecule has 0 radical (unpaired) electrons. The van der Waals surface area contributed by atoms with Crippen molar-refractivity contribution in [3.05, 3.63) is 12.2 Å². The van der Waals surface area contributed by atoms with Crippen molar-refractivity contribution in [2.45, 2.75) is 24.5 Å². The molecular weight excluding hydrogens is 128 g/mol. The van der Waals surface area contributed by atoms with Crippen molar-refractivity contribution in [2.75, 3.05) is 5.75 Å². The molecule has 0 amide bonds. The lowest BCUT2D eigenvalue weighted by Crippen LogP contribution is -2.11. The van der Waals surface area contributed by atoms with Gasteiger partial charge in [0.15, 0.2) is 0 Å². The van der Waals surface area contributed by atoms with Crippen LogP contribution in [0.25, 0.3) is 0 Å². The maximum Gasteiger partial charge on any atom is 0.0113 e. The summed E-state index contributed by atoms with van der Waals surface area (Å²) in [6.45, 7) is 0. The van der Waals surface area contributed by atoms with Crippen molar-refractivity contribution in [1.29, 1.82) is 0 Å². The van der Waals surface area contributed by atoms with Crippen LogP contribution in [0.5, 0.6) is 0 Å². The Hall–Kier alpha value is 0.0900. The molecule has 1 aliphatic heterocycles. The van der Waals surface area contributed by atoms with Gasteiger partial charge in [0.2, 0.25) is 0 Å². The molecule has 0 aromatic heterocycles. The van der Waals surface area contributed by atoms with E-state index in [4.69, 9.17) is 0 Å². The monoisotopic (exact) mass is 140 g/mol. The molecule has 1 heteroatoms. The Morgan fingerprint density at radius 1 is 1.33 bits per heavy atom. The van der Waals surface area contributed by atoms with Crippen LogP contribution in [0.4, 0.5) is 0 Å². The van der Waals surface area contributed by atoms with Gasteiger partial charge < -0.3 is 0 Å². The predicted molar refractivity (Wildman–Crippen MR) is 42.7 cm³/mol. The Bertz CT molecular complexity index is 129. The molecule has 1 aliphatic carbocycles. The summed E-state index contributed by atoms with van der Waals surface area (Å²) >= 11 is 2.18. The molecule has 2 unspecified atom stereocenters. The quantitative estimate of drug-likeness (QED) is 0.466. The average Bonchev–Trinajstić information content (AvgIpc) is 2.33. The Morgan fingerprint density at radius 2 is 2.33 bits per heavy atom. The maximum atomic E-state index is 2.42. The lowest BCUT2D eigenvalue weighted by atomic mass is 9.94. The third-order valence-corrected chi connectivity index (χ3v) is 3.75. The van der Waals surface area contributed by atoms with Crippen molar-refractivity contribution in [2.24, 2.45) is 5.92 Å². The maximum absolute atomic E-state index is 2.42. The summed E-state index contributed by atoms with van der Waals surface area (Å²) in [6, 6.07) is 0. The first-order valence-corrected chi connectivity index (χ1v) is 4.80. The Labute approximate surface area is 60.7 Å². The molecule has 1 fully saturated rings. The van der Waals surface area contributed by atoms with Gasteiger partial charge in [-0.15, -0.1) is 0 Å². The fourth-order valence-corrected chi connectivity index (χ4v) is 3.20. The summed E-state index contributed by atoms with van der Waals surface area (Å²) in [7, 11) is 0. The number of hydrogen-bond donors (Lipinski definition) is 0. The molecular formula is C8H12S. The smallest absolute Gasteiger partial charge is 0.0113 e. The zero-order chi connectivity index (χ0) is 6.10. The van der Waals surface area contributed by atoms with Crippen LogP contribution < -0.4 is 0 Å². The fourth-order valence-electron chi connectivity index (χ4n) is 1.71. The van der Waals surface area contributed by atoms with Gasteiger partial charge in [0.1, 0.15) is 0 Å². The number of hydrogen-bond acceptors (Lipinski definition) is 1. The average molecular weight is 140 g/mol. The first-order valence-electron chi connectivity index (χ1n) is 3.75. The molecule has 50 valence electrons. The minimum Gasteiger partial charge on any atom is -0.158 e. The molecule has 1 heterocycles. The van der Waals surface area contributed by atoms with Crippen molar-refractivity contribution >= 4 is 11.8 Å². The highest BCUT2D eigenvalue weighted by Crippen LogP contribution is 2.38. The fraction of sp³-hybridized carbons (Fsp3) is 0.750. The van der Waals surface area contributed by atoms with Gasteiger partial charge >= 0.3 is 0 Å². The van der Waals surface area contributed by atoms with Gasteiger partial charge in [0.05, 0.1) is 0 Å². The molecule has 1 saturated heterocycles. The topological polar surface area (TPSA) is 0 Å². The standard InChI is InChI=1S/C8H12S/c1-2-4-8-7(3-1)5-6-9-8/h1,3,7-8H,2,4-6H2. The molecule has 0 aromatic carbocycles. The van der Waals surface area contributed by atoms with E-state index in [1.54, 1.807) is 0 Å². The summed E-state index contributed by atoms with van der Waals surface area (Å²) in [5.74, 6) is 2.35. The summed E-state index contributed by atoms with van der Waals surface area (Å²) in [5.41, 5.74) is 0. The summed E-state index contributed by atoms with van der Waals surface area (Å²) in [4.78, 5) is 0. The van der Waals surface area contributed by atoms with Gasteiger partial charge in [-0.05, 0) is 30.9 Å². The third kappa shape index (κ3) is 1.03. The van der Waals surface area contributed by atoms with Crippen molar-refractivity contribution in [3.8, 4) is 0 Å². The summed E-state index contributed by atoms with van der Waals surface area (Å²) in [6.07, 6.45) is 8.98. The van der Waals surface area contributed by atoms with Gasteiger partial charge in [0.25, 0.3) is 0 Å². The first-order chi connectivity index (χ1) is 4.47. The second-order valence-electron chi connectivity index (χ2n) is 2.87. The molecule has 0 spiro atoms. The Balaban J connectivity index is 2.10. The molecule has 2 atom stereocenters. The minimum absolute atomic E-state index is 0.948. The zero-order valence-electron chi connectivity index (χ0n) is 5.55. The molecule has 0 saturated carbocycles. The van der Waals surface area contributed by atoms with Gasteiger partial charge in [-0.25, -0.2) is 0 Å². The van der Waals surface area contributed by atoms with Gasteiger partial charge in [-0.3, -0.25) is 0 Å². The zero-order valence-corrected chi connectivity index (χ0v) is 6.36. The predicted octanol–water partition coefficient (Wildman–Crippen LogP) is 2.46. The highest BCUT2D eigenvalue weighted by molar-refractivity contribution is 8.00. The lowest BCUT2D eigenvalue weighted by Gasteiger charge is -2.17. The van der Waals surface area contributed by atoms with Crippen LogP contribution in [-0.4, -0.2) is 11.0 Å². The van der Waals surface area contributed by atoms with Gasteiger partial charge in [-0.1, -0.05) is 12.2 Å². The number of fused-ring (bicyclic) bond motifs is 1. The van der Waals surface area contributed by atoms with E-state index in [-0.39, 0.29) is 0 Å². The molecule has 0 N–H and O–H groups in total. The first kappa shape index (κ1) is 5.84. The van der Waals surface area contributed by atoms with Crippen molar-refractivity contribution in [3.63, 3.8) is 0 Å². The number of thioether (sulfide) groups is 1. The van der Waals surface area contributed by atoms with E-state index < -0.39 is 0 Å². The van der Waals surface area contributed by atoms with E-state index in [9.17, 15) is 0 Å². The number of allylic oxidation sites excluding steroid dienone is 2. The van der Waals surface area contributed by atoms with Gasteiger partial charge in [0, 0.05) is 5.25 Å². The van der Waals surface area contributed by atoms with E-state index >= 15 is 0 Å². The summed E-state index contributed by atoms with van der Waals surface area (Å²) in [5, 5.41) is 0.995. The van der Waals surface area contributed by atoms with E-state index in [2.05, 4.69) is 23.9 Å². The third-order valence-electron chi connectivity index (χ3n) is 2.26. The van der Waals surface area contributed by atoms with Crippen LogP contribution in [0.3, 0.4) is 0 Å². The van der Waals surface area contributed by atoms with Crippen LogP contribution in [0.2, 0.25) is 0 Å². The highest BCUT2D eigenvalue weighted by atomic mass is 32.2. The molecule has 9 heavy (non-hydrogen) atoms. The van der Waals surface area contributed by atoms with E-state index in [0.29, 0.717) is 0 Å². The molecule has 0 bridgehead atoms. The van der Waals surface area contributed by atoms with E-state index in [1.165, 1.54) is 25.0 Å². The van der Waals surface area contributed by atoms with Crippen molar-refractivity contribution in [1.82, 2.24) is 0 Å². The molecule has 0 aromatic rings. The molecule has 0 nitrogen and oxygen atoms in total. The second kappa shape index (κ2) is 2.37. The van der Waals surface area contributed by atoms with Crippen LogP contribution in [0.15, 0.2) is 12.2 Å². The summed E-state index contributed by atoms with van der Waals surface area (Å²) < 4.78 is 0.